The Balaban J connectivity index is 2.89. The third-order valence-electron chi connectivity index (χ3n) is 2.23. The minimum absolute atomic E-state index is 0.0111. The number of pyridine rings is 1. The Hall–Kier alpha value is -2.11. The quantitative estimate of drug-likeness (QED) is 0.348. The van der Waals surface area contributed by atoms with Gasteiger partial charge in [-0.25, -0.2) is 0 Å². The van der Waals surface area contributed by atoms with Crippen molar-refractivity contribution in [2.24, 2.45) is 10.9 Å². The van der Waals surface area contributed by atoms with Gasteiger partial charge in [0.2, 0.25) is 0 Å². The van der Waals surface area contributed by atoms with Crippen LogP contribution in [0.4, 0.5) is 0 Å². The molecule has 0 saturated heterocycles. The molecular weight excluding hydrogens is 220 g/mol. The largest absolute Gasteiger partial charge is 0.409 e. The summed E-state index contributed by atoms with van der Waals surface area (Å²) in [6, 6.07) is 5.04. The minimum atomic E-state index is -0.243. The molecule has 92 valence electrons. The summed E-state index contributed by atoms with van der Waals surface area (Å²) >= 11 is 0. The molecule has 1 amide bonds. The maximum atomic E-state index is 12.1. The predicted molar refractivity (Wildman–Crippen MR) is 63.8 cm³/mol. The van der Waals surface area contributed by atoms with Crippen LogP contribution in [0.25, 0.3) is 0 Å². The van der Waals surface area contributed by atoms with Crippen molar-refractivity contribution >= 4 is 11.7 Å². The van der Waals surface area contributed by atoms with Crippen molar-refractivity contribution in [1.29, 1.82) is 0 Å². The fraction of sp³-hybridized carbons (Fsp3) is 0.364. The summed E-state index contributed by atoms with van der Waals surface area (Å²) in [4.78, 5) is 17.6. The molecule has 0 aliphatic heterocycles. The van der Waals surface area contributed by atoms with Crippen molar-refractivity contribution in [3.05, 3.63) is 30.1 Å². The van der Waals surface area contributed by atoms with Crippen LogP contribution in [0.1, 0.15) is 24.3 Å². The molecule has 6 heteroatoms. The van der Waals surface area contributed by atoms with Gasteiger partial charge in [0.25, 0.3) is 5.91 Å². The lowest BCUT2D eigenvalue weighted by molar-refractivity contribution is 0.0728. The van der Waals surface area contributed by atoms with Gasteiger partial charge in [0.15, 0.2) is 5.84 Å². The van der Waals surface area contributed by atoms with Crippen molar-refractivity contribution in [3.63, 3.8) is 0 Å². The second-order valence-corrected chi connectivity index (χ2v) is 3.83. The third kappa shape index (κ3) is 3.44. The first-order valence-corrected chi connectivity index (χ1v) is 5.24. The van der Waals surface area contributed by atoms with Gasteiger partial charge >= 0.3 is 0 Å². The number of carbonyl (C=O) groups is 1. The molecule has 0 aromatic carbocycles. The van der Waals surface area contributed by atoms with E-state index < -0.39 is 0 Å². The molecule has 0 aliphatic rings. The number of rotatable bonds is 4. The van der Waals surface area contributed by atoms with E-state index in [9.17, 15) is 4.79 Å². The Kier molecular flexibility index (Phi) is 4.45. The van der Waals surface area contributed by atoms with E-state index >= 15 is 0 Å². The molecule has 0 aliphatic carbocycles. The Bertz CT molecular complexity index is 403. The summed E-state index contributed by atoms with van der Waals surface area (Å²) in [6.07, 6.45) is 1.55. The summed E-state index contributed by atoms with van der Waals surface area (Å²) in [7, 11) is 0. The van der Waals surface area contributed by atoms with E-state index in [1.807, 2.05) is 13.8 Å². The fourth-order valence-electron chi connectivity index (χ4n) is 1.33. The maximum Gasteiger partial charge on any atom is 0.273 e. The van der Waals surface area contributed by atoms with Crippen LogP contribution in [0.2, 0.25) is 0 Å². The summed E-state index contributed by atoms with van der Waals surface area (Å²) in [5, 5.41) is 11.4. The molecule has 1 aromatic rings. The van der Waals surface area contributed by atoms with Crippen LogP contribution in [0.3, 0.4) is 0 Å². The van der Waals surface area contributed by atoms with Crippen molar-refractivity contribution in [1.82, 2.24) is 9.88 Å². The number of nitrogens with two attached hydrogens (primary N) is 1. The molecule has 0 unspecified atom stereocenters. The lowest BCUT2D eigenvalue weighted by atomic mass is 10.2. The minimum Gasteiger partial charge on any atom is -0.409 e. The van der Waals surface area contributed by atoms with Gasteiger partial charge in [-0.15, -0.1) is 0 Å². The monoisotopic (exact) mass is 236 g/mol. The molecule has 0 spiro atoms. The van der Waals surface area contributed by atoms with Gasteiger partial charge in [0, 0.05) is 12.2 Å². The molecule has 0 fully saturated rings. The molecular formula is C11H16N4O2. The summed E-state index contributed by atoms with van der Waals surface area (Å²) in [5.74, 6) is -0.254. The molecule has 1 heterocycles. The highest BCUT2D eigenvalue weighted by Gasteiger charge is 2.20. The summed E-state index contributed by atoms with van der Waals surface area (Å²) in [6.45, 7) is 3.78. The number of amidine groups is 1. The number of oxime groups is 1. The first kappa shape index (κ1) is 13.0. The van der Waals surface area contributed by atoms with Crippen molar-refractivity contribution in [3.8, 4) is 0 Å². The number of nitrogens with zero attached hydrogens (tertiary/aromatic N) is 3. The molecule has 17 heavy (non-hydrogen) atoms. The average Bonchev–Trinajstić information content (AvgIpc) is 2.35. The molecule has 0 radical (unpaired) electrons. The smallest absolute Gasteiger partial charge is 0.273 e. The molecule has 0 saturated carbocycles. The molecule has 1 aromatic heterocycles. The summed E-state index contributed by atoms with van der Waals surface area (Å²) in [5.41, 5.74) is 5.75. The van der Waals surface area contributed by atoms with E-state index in [4.69, 9.17) is 10.9 Å². The predicted octanol–water partition coefficient (Wildman–Crippen LogP) is 0.679. The van der Waals surface area contributed by atoms with E-state index in [0.29, 0.717) is 5.69 Å². The van der Waals surface area contributed by atoms with E-state index in [2.05, 4.69) is 10.1 Å². The first-order chi connectivity index (χ1) is 8.06. The van der Waals surface area contributed by atoms with Crippen LogP contribution in [-0.2, 0) is 0 Å². The Morgan fingerprint density at radius 3 is 2.76 bits per heavy atom. The van der Waals surface area contributed by atoms with Crippen molar-refractivity contribution < 1.29 is 10.0 Å². The van der Waals surface area contributed by atoms with Gasteiger partial charge in [0.05, 0.1) is 6.54 Å². The van der Waals surface area contributed by atoms with Gasteiger partial charge in [-0.05, 0) is 26.0 Å². The molecule has 0 bridgehead atoms. The van der Waals surface area contributed by atoms with Crippen LogP contribution in [0, 0.1) is 0 Å². The molecule has 1 rings (SSSR count). The standard InChI is InChI=1S/C11H16N4O2/c1-8(2)15(7-10(12)14-17)11(16)9-5-3-4-6-13-9/h3-6,8,17H,7H2,1-2H3,(H2,12,14). The van der Waals surface area contributed by atoms with Crippen molar-refractivity contribution in [2.45, 2.75) is 19.9 Å². The first-order valence-electron chi connectivity index (χ1n) is 5.24. The lowest BCUT2D eigenvalue weighted by Gasteiger charge is -2.25. The number of carbonyl (C=O) groups excluding carboxylic acids is 1. The normalized spacial score (nSPS) is 11.6. The number of amides is 1. The van der Waals surface area contributed by atoms with Gasteiger partial charge < -0.3 is 15.8 Å². The Morgan fingerprint density at radius 1 is 1.59 bits per heavy atom. The number of aromatic nitrogens is 1. The van der Waals surface area contributed by atoms with E-state index in [1.165, 1.54) is 4.90 Å². The van der Waals surface area contributed by atoms with Gasteiger partial charge in [-0.3, -0.25) is 9.78 Å². The fourth-order valence-corrected chi connectivity index (χ4v) is 1.33. The Labute approximate surface area is 99.7 Å². The van der Waals surface area contributed by atoms with Gasteiger partial charge in [0.1, 0.15) is 5.69 Å². The van der Waals surface area contributed by atoms with Crippen molar-refractivity contribution in [2.75, 3.05) is 6.54 Å². The zero-order valence-corrected chi connectivity index (χ0v) is 9.87. The highest BCUT2D eigenvalue weighted by atomic mass is 16.4. The topological polar surface area (TPSA) is 91.8 Å². The van der Waals surface area contributed by atoms with Gasteiger partial charge in [-0.1, -0.05) is 11.2 Å². The zero-order chi connectivity index (χ0) is 12.8. The lowest BCUT2D eigenvalue weighted by Crippen LogP contribution is -2.43. The SMILES string of the molecule is CC(C)N(CC(N)=NO)C(=O)c1ccccn1. The average molecular weight is 236 g/mol. The number of hydrogen-bond acceptors (Lipinski definition) is 4. The van der Waals surface area contributed by atoms with Crippen LogP contribution < -0.4 is 5.73 Å². The van der Waals surface area contributed by atoms with Crippen LogP contribution >= 0.6 is 0 Å². The highest BCUT2D eigenvalue weighted by Crippen LogP contribution is 2.05. The van der Waals surface area contributed by atoms with E-state index in [0.717, 1.165) is 0 Å². The highest BCUT2D eigenvalue weighted by molar-refractivity contribution is 5.95. The van der Waals surface area contributed by atoms with Crippen LogP contribution in [0.5, 0.6) is 0 Å². The second-order valence-electron chi connectivity index (χ2n) is 3.83. The molecule has 0 atom stereocenters. The maximum absolute atomic E-state index is 12.1. The molecule has 3 N–H and O–H groups in total. The number of hydrogen-bond donors (Lipinski definition) is 2. The Morgan fingerprint density at radius 2 is 2.29 bits per heavy atom. The van der Waals surface area contributed by atoms with E-state index in [-0.39, 0.29) is 24.3 Å². The van der Waals surface area contributed by atoms with Crippen LogP contribution in [0.15, 0.2) is 29.6 Å². The summed E-state index contributed by atoms with van der Waals surface area (Å²) < 4.78 is 0. The third-order valence-corrected chi connectivity index (χ3v) is 2.23. The second kappa shape index (κ2) is 5.83. The molecule has 6 nitrogen and oxygen atoms in total. The van der Waals surface area contributed by atoms with E-state index in [1.54, 1.807) is 24.4 Å². The zero-order valence-electron chi connectivity index (χ0n) is 9.87. The van der Waals surface area contributed by atoms with Crippen LogP contribution in [-0.4, -0.2) is 39.4 Å². The van der Waals surface area contributed by atoms with Gasteiger partial charge in [-0.2, -0.15) is 0 Å².